The maximum Gasteiger partial charge on any atom is 0.224 e. The fourth-order valence-corrected chi connectivity index (χ4v) is 3.30. The minimum Gasteiger partial charge on any atom is -0.361 e. The van der Waals surface area contributed by atoms with Crippen molar-refractivity contribution in [1.29, 1.82) is 0 Å². The molecule has 2 atom stereocenters. The van der Waals surface area contributed by atoms with Gasteiger partial charge in [0, 0.05) is 44.5 Å². The number of alkyl halides is 1. The van der Waals surface area contributed by atoms with Gasteiger partial charge in [-0.3, -0.25) is 14.4 Å². The van der Waals surface area contributed by atoms with E-state index in [0.29, 0.717) is 26.1 Å². The molecule has 1 aliphatic rings. The number of aryl methyl sites for hydroxylation is 3. The Kier molecular flexibility index (Phi) is 5.17. The van der Waals surface area contributed by atoms with Crippen molar-refractivity contribution in [3.05, 3.63) is 35.0 Å². The minimum atomic E-state index is -0.874. The first-order chi connectivity index (χ1) is 11.9. The van der Waals surface area contributed by atoms with E-state index in [9.17, 15) is 9.18 Å². The molecule has 3 rings (SSSR count). The van der Waals surface area contributed by atoms with Gasteiger partial charge in [-0.2, -0.15) is 5.10 Å². The lowest BCUT2D eigenvalue weighted by atomic mass is 10.1. The van der Waals surface area contributed by atoms with Gasteiger partial charge >= 0.3 is 0 Å². The summed E-state index contributed by atoms with van der Waals surface area (Å²) >= 11 is 0. The summed E-state index contributed by atoms with van der Waals surface area (Å²) in [6, 6.07) is -0.0263. The van der Waals surface area contributed by atoms with Crippen molar-refractivity contribution >= 4 is 5.91 Å². The molecule has 3 heterocycles. The second-order valence-corrected chi connectivity index (χ2v) is 6.72. The second kappa shape index (κ2) is 7.35. The van der Waals surface area contributed by atoms with Crippen LogP contribution >= 0.6 is 0 Å². The first-order valence-corrected chi connectivity index (χ1v) is 8.46. The van der Waals surface area contributed by atoms with Crippen LogP contribution in [0.1, 0.15) is 29.0 Å². The van der Waals surface area contributed by atoms with Crippen LogP contribution in [0, 0.1) is 13.8 Å². The molecule has 0 aliphatic carbocycles. The summed E-state index contributed by atoms with van der Waals surface area (Å²) in [5, 5.41) is 10.9. The number of amides is 1. The molecule has 136 valence electrons. The van der Waals surface area contributed by atoms with Gasteiger partial charge in [0.25, 0.3) is 0 Å². The highest BCUT2D eigenvalue weighted by Crippen LogP contribution is 2.24. The molecule has 2 aromatic heterocycles. The molecule has 0 saturated carbocycles. The molecule has 0 bridgehead atoms. The molecule has 1 saturated heterocycles. The van der Waals surface area contributed by atoms with Gasteiger partial charge in [0.2, 0.25) is 5.91 Å². The maximum absolute atomic E-state index is 13.9. The van der Waals surface area contributed by atoms with Gasteiger partial charge in [-0.05, 0) is 25.8 Å². The van der Waals surface area contributed by atoms with Gasteiger partial charge < -0.3 is 9.84 Å². The Morgan fingerprint density at radius 2 is 2.28 bits per heavy atom. The third kappa shape index (κ3) is 4.25. The molecule has 25 heavy (non-hydrogen) atoms. The molecule has 1 fully saturated rings. The van der Waals surface area contributed by atoms with Crippen LogP contribution in [0.5, 0.6) is 0 Å². The van der Waals surface area contributed by atoms with Crippen molar-refractivity contribution in [3.8, 4) is 0 Å². The Labute approximate surface area is 146 Å². The van der Waals surface area contributed by atoms with E-state index >= 15 is 0 Å². The fourth-order valence-electron chi connectivity index (χ4n) is 3.30. The lowest BCUT2D eigenvalue weighted by molar-refractivity contribution is -0.120. The predicted octanol–water partition coefficient (Wildman–Crippen LogP) is 1.30. The highest BCUT2D eigenvalue weighted by atomic mass is 19.1. The normalized spacial score (nSPS) is 21.0. The Bertz CT molecular complexity index is 722. The number of carbonyl (C=O) groups is 1. The smallest absolute Gasteiger partial charge is 0.224 e. The first-order valence-electron chi connectivity index (χ1n) is 8.46. The Morgan fingerprint density at radius 3 is 2.92 bits per heavy atom. The van der Waals surface area contributed by atoms with Gasteiger partial charge in [0.05, 0.1) is 18.3 Å². The van der Waals surface area contributed by atoms with Crippen molar-refractivity contribution in [2.45, 2.75) is 45.4 Å². The van der Waals surface area contributed by atoms with Crippen LogP contribution in [0.15, 0.2) is 16.9 Å². The largest absolute Gasteiger partial charge is 0.361 e. The van der Waals surface area contributed by atoms with Crippen molar-refractivity contribution in [2.75, 3.05) is 13.1 Å². The van der Waals surface area contributed by atoms with E-state index in [1.54, 1.807) is 10.9 Å². The molecule has 0 spiro atoms. The topological polar surface area (TPSA) is 76.2 Å². The Hall–Kier alpha value is -2.22. The van der Waals surface area contributed by atoms with Crippen LogP contribution < -0.4 is 5.32 Å². The van der Waals surface area contributed by atoms with Crippen LogP contribution in [-0.4, -0.2) is 51.0 Å². The van der Waals surface area contributed by atoms with Gasteiger partial charge in [0.15, 0.2) is 0 Å². The lowest BCUT2D eigenvalue weighted by Gasteiger charge is -2.24. The summed E-state index contributed by atoms with van der Waals surface area (Å²) in [4.78, 5) is 14.2. The molecular weight excluding hydrogens is 325 g/mol. The van der Waals surface area contributed by atoms with E-state index in [4.69, 9.17) is 4.52 Å². The molecule has 8 heteroatoms. The highest BCUT2D eigenvalue weighted by molar-refractivity contribution is 5.78. The van der Waals surface area contributed by atoms with Crippen molar-refractivity contribution in [1.82, 2.24) is 25.2 Å². The molecule has 0 aromatic carbocycles. The number of aromatic nitrogens is 3. The van der Waals surface area contributed by atoms with Crippen LogP contribution in [0.2, 0.25) is 0 Å². The first kappa shape index (κ1) is 17.6. The van der Waals surface area contributed by atoms with Crippen molar-refractivity contribution in [3.63, 3.8) is 0 Å². The Balaban J connectivity index is 1.55. The van der Waals surface area contributed by atoms with E-state index in [2.05, 4.69) is 20.5 Å². The summed E-state index contributed by atoms with van der Waals surface area (Å²) in [5.74, 6) is 0.687. The molecule has 1 N–H and O–H groups in total. The van der Waals surface area contributed by atoms with E-state index in [0.717, 1.165) is 22.6 Å². The van der Waals surface area contributed by atoms with Crippen LogP contribution in [0.4, 0.5) is 4.39 Å². The zero-order valence-electron chi connectivity index (χ0n) is 14.8. The van der Waals surface area contributed by atoms with Gasteiger partial charge in [-0.15, -0.1) is 0 Å². The average molecular weight is 349 g/mol. The van der Waals surface area contributed by atoms with E-state index in [1.165, 1.54) is 0 Å². The van der Waals surface area contributed by atoms with Crippen molar-refractivity contribution < 1.29 is 13.7 Å². The number of hydrogen-bond donors (Lipinski definition) is 1. The summed E-state index contributed by atoms with van der Waals surface area (Å²) in [7, 11) is 1.81. The number of nitrogens with zero attached hydrogens (tertiary/aromatic N) is 4. The van der Waals surface area contributed by atoms with E-state index in [1.807, 2.05) is 27.1 Å². The minimum absolute atomic E-state index is 0.0263. The lowest BCUT2D eigenvalue weighted by Crippen LogP contribution is -2.40. The van der Waals surface area contributed by atoms with Crippen LogP contribution in [0.25, 0.3) is 0 Å². The number of hydrogen-bond acceptors (Lipinski definition) is 5. The molecule has 1 aliphatic heterocycles. The SMILES string of the molecule is Cc1noc(C)c1CN1C[C@@H](F)C[C@H]1CNC(=O)Cc1cnn(C)c1. The number of halogens is 1. The van der Waals surface area contributed by atoms with Gasteiger partial charge in [-0.25, -0.2) is 4.39 Å². The highest BCUT2D eigenvalue weighted by Gasteiger charge is 2.33. The average Bonchev–Trinajstić information content (AvgIpc) is 3.21. The molecule has 7 nitrogen and oxygen atoms in total. The standard InChI is InChI=1S/C17H24FN5O2/c1-11-16(12(2)25-21-11)10-23-9-14(18)5-15(23)7-19-17(24)4-13-6-20-22(3)8-13/h6,8,14-15H,4-5,7,9-10H2,1-3H3,(H,19,24)/t14-,15-/m0/s1. The van der Waals surface area contributed by atoms with Gasteiger partial charge in [0.1, 0.15) is 11.9 Å². The molecule has 0 radical (unpaired) electrons. The van der Waals surface area contributed by atoms with E-state index in [-0.39, 0.29) is 18.4 Å². The quantitative estimate of drug-likeness (QED) is 0.851. The molecule has 2 aromatic rings. The molecule has 1 amide bonds. The van der Waals surface area contributed by atoms with Crippen molar-refractivity contribution in [2.24, 2.45) is 7.05 Å². The summed E-state index contributed by atoms with van der Waals surface area (Å²) in [5.41, 5.74) is 2.70. The van der Waals surface area contributed by atoms with Gasteiger partial charge in [-0.1, -0.05) is 5.16 Å². The number of rotatable bonds is 6. The predicted molar refractivity (Wildman–Crippen MR) is 89.6 cm³/mol. The zero-order chi connectivity index (χ0) is 18.0. The number of likely N-dealkylation sites (tertiary alicyclic amines) is 1. The summed E-state index contributed by atoms with van der Waals surface area (Å²) < 4.78 is 20.8. The molecular formula is C17H24FN5O2. The number of carbonyl (C=O) groups excluding carboxylic acids is 1. The second-order valence-electron chi connectivity index (χ2n) is 6.72. The summed E-state index contributed by atoms with van der Waals surface area (Å²) in [6.07, 6.45) is 3.33. The number of nitrogens with one attached hydrogen (secondary N) is 1. The Morgan fingerprint density at radius 1 is 1.48 bits per heavy atom. The van der Waals surface area contributed by atoms with E-state index < -0.39 is 6.17 Å². The maximum atomic E-state index is 13.9. The molecule has 0 unspecified atom stereocenters. The summed E-state index contributed by atoms with van der Waals surface area (Å²) in [6.45, 7) is 5.14. The third-order valence-electron chi connectivity index (χ3n) is 4.68. The zero-order valence-corrected chi connectivity index (χ0v) is 14.8. The van der Waals surface area contributed by atoms with Crippen LogP contribution in [0.3, 0.4) is 0 Å². The fraction of sp³-hybridized carbons (Fsp3) is 0.588. The van der Waals surface area contributed by atoms with Crippen LogP contribution in [-0.2, 0) is 24.8 Å². The third-order valence-corrected chi connectivity index (χ3v) is 4.68. The monoisotopic (exact) mass is 349 g/mol.